The van der Waals surface area contributed by atoms with Crippen LogP contribution in [0.4, 0.5) is 0 Å². The summed E-state index contributed by atoms with van der Waals surface area (Å²) in [5, 5.41) is 3.27. The van der Waals surface area contributed by atoms with Gasteiger partial charge in [-0.25, -0.2) is 0 Å². The Hall–Kier alpha value is -0.990. The molecule has 1 rings (SSSR count). The zero-order valence-electron chi connectivity index (χ0n) is 8.63. The predicted molar refractivity (Wildman–Crippen MR) is 53.2 cm³/mol. The number of likely N-dealkylation sites (tertiary alicyclic amines) is 1. The topological polar surface area (TPSA) is 32.3 Å². The molecule has 1 fully saturated rings. The van der Waals surface area contributed by atoms with Crippen molar-refractivity contribution in [2.24, 2.45) is 5.92 Å². The van der Waals surface area contributed by atoms with E-state index in [0.717, 1.165) is 18.8 Å². The molecule has 0 aromatic heterocycles. The lowest BCUT2D eigenvalue weighted by Crippen LogP contribution is -2.51. The average Bonchev–Trinajstić information content (AvgIpc) is 1.79. The summed E-state index contributed by atoms with van der Waals surface area (Å²) in [5.74, 6) is 0.611. The first-order chi connectivity index (χ1) is 6.00. The second-order valence-corrected chi connectivity index (χ2v) is 3.95. The SMILES string of the molecule is C=C(NC(C)C)C1CN(C(C)=O)C1. The summed E-state index contributed by atoms with van der Waals surface area (Å²) in [7, 11) is 0. The van der Waals surface area contributed by atoms with Gasteiger partial charge < -0.3 is 10.2 Å². The molecule has 0 bridgehead atoms. The third kappa shape index (κ3) is 2.47. The Morgan fingerprint density at radius 3 is 2.46 bits per heavy atom. The van der Waals surface area contributed by atoms with Gasteiger partial charge in [0.05, 0.1) is 0 Å². The molecule has 1 amide bonds. The van der Waals surface area contributed by atoms with E-state index in [0.29, 0.717) is 12.0 Å². The molecule has 3 heteroatoms. The van der Waals surface area contributed by atoms with Crippen LogP contribution < -0.4 is 5.32 Å². The molecule has 0 radical (unpaired) electrons. The zero-order valence-corrected chi connectivity index (χ0v) is 8.63. The maximum atomic E-state index is 10.9. The molecule has 74 valence electrons. The van der Waals surface area contributed by atoms with Gasteiger partial charge in [0.15, 0.2) is 0 Å². The number of hydrogen-bond acceptors (Lipinski definition) is 2. The molecule has 13 heavy (non-hydrogen) atoms. The highest BCUT2D eigenvalue weighted by atomic mass is 16.2. The minimum Gasteiger partial charge on any atom is -0.386 e. The van der Waals surface area contributed by atoms with Gasteiger partial charge in [0, 0.05) is 37.7 Å². The van der Waals surface area contributed by atoms with Gasteiger partial charge in [0.1, 0.15) is 0 Å². The van der Waals surface area contributed by atoms with Crippen LogP contribution in [0.25, 0.3) is 0 Å². The smallest absolute Gasteiger partial charge is 0.219 e. The number of carbonyl (C=O) groups is 1. The summed E-state index contributed by atoms with van der Waals surface area (Å²) >= 11 is 0. The molecule has 0 aromatic carbocycles. The third-order valence-corrected chi connectivity index (χ3v) is 2.29. The normalized spacial score (nSPS) is 17.1. The van der Waals surface area contributed by atoms with E-state index in [1.165, 1.54) is 0 Å². The number of hydrogen-bond donors (Lipinski definition) is 1. The summed E-state index contributed by atoms with van der Waals surface area (Å²) in [6, 6.07) is 0.430. The lowest BCUT2D eigenvalue weighted by Gasteiger charge is -2.40. The van der Waals surface area contributed by atoms with E-state index in [1.54, 1.807) is 6.92 Å². The van der Waals surface area contributed by atoms with Crippen molar-refractivity contribution in [2.45, 2.75) is 26.8 Å². The minimum atomic E-state index is 0.161. The van der Waals surface area contributed by atoms with Gasteiger partial charge in [0.25, 0.3) is 0 Å². The van der Waals surface area contributed by atoms with Crippen molar-refractivity contribution in [3.05, 3.63) is 12.3 Å². The average molecular weight is 182 g/mol. The number of rotatable bonds is 3. The molecule has 0 unspecified atom stereocenters. The highest BCUT2D eigenvalue weighted by Gasteiger charge is 2.30. The highest BCUT2D eigenvalue weighted by molar-refractivity contribution is 5.74. The van der Waals surface area contributed by atoms with E-state index >= 15 is 0 Å². The Kier molecular flexibility index (Phi) is 2.96. The molecule has 0 aliphatic carbocycles. The third-order valence-electron chi connectivity index (χ3n) is 2.29. The summed E-state index contributed by atoms with van der Waals surface area (Å²) < 4.78 is 0. The Labute approximate surface area is 79.8 Å². The second kappa shape index (κ2) is 3.81. The van der Waals surface area contributed by atoms with E-state index in [4.69, 9.17) is 0 Å². The van der Waals surface area contributed by atoms with Crippen LogP contribution in [0.5, 0.6) is 0 Å². The quantitative estimate of drug-likeness (QED) is 0.705. The highest BCUT2D eigenvalue weighted by Crippen LogP contribution is 2.20. The zero-order chi connectivity index (χ0) is 10.0. The molecular formula is C10H18N2O. The van der Waals surface area contributed by atoms with E-state index < -0.39 is 0 Å². The molecule has 0 atom stereocenters. The van der Waals surface area contributed by atoms with Crippen LogP contribution in [0.1, 0.15) is 20.8 Å². The summed E-state index contributed by atoms with van der Waals surface area (Å²) in [6.45, 7) is 11.4. The van der Waals surface area contributed by atoms with Gasteiger partial charge in [-0.3, -0.25) is 4.79 Å². The fraction of sp³-hybridized carbons (Fsp3) is 0.700. The van der Waals surface area contributed by atoms with Gasteiger partial charge in [-0.05, 0) is 13.8 Å². The Balaban J connectivity index is 2.27. The number of nitrogens with one attached hydrogen (secondary N) is 1. The van der Waals surface area contributed by atoms with Crippen LogP contribution >= 0.6 is 0 Å². The fourth-order valence-electron chi connectivity index (χ4n) is 1.44. The monoisotopic (exact) mass is 182 g/mol. The predicted octanol–water partition coefficient (Wildman–Crippen LogP) is 0.976. The van der Waals surface area contributed by atoms with Crippen LogP contribution in [0.2, 0.25) is 0 Å². The van der Waals surface area contributed by atoms with Crippen molar-refractivity contribution in [3.8, 4) is 0 Å². The van der Waals surface area contributed by atoms with Gasteiger partial charge >= 0.3 is 0 Å². The van der Waals surface area contributed by atoms with Crippen molar-refractivity contribution in [1.82, 2.24) is 10.2 Å². The Morgan fingerprint density at radius 1 is 1.54 bits per heavy atom. The van der Waals surface area contributed by atoms with Crippen molar-refractivity contribution in [3.63, 3.8) is 0 Å². The maximum absolute atomic E-state index is 10.9. The molecule has 3 nitrogen and oxygen atoms in total. The van der Waals surface area contributed by atoms with Crippen LogP contribution in [-0.4, -0.2) is 29.9 Å². The molecule has 0 aromatic rings. The van der Waals surface area contributed by atoms with Crippen LogP contribution in [0.3, 0.4) is 0 Å². The Bertz CT molecular complexity index is 217. The van der Waals surface area contributed by atoms with Gasteiger partial charge in [-0.2, -0.15) is 0 Å². The molecule has 0 spiro atoms. The van der Waals surface area contributed by atoms with Crippen molar-refractivity contribution >= 4 is 5.91 Å². The first kappa shape index (κ1) is 10.1. The molecule has 1 aliphatic rings. The van der Waals surface area contributed by atoms with Crippen LogP contribution in [0.15, 0.2) is 12.3 Å². The standard InChI is InChI=1S/C10H18N2O/c1-7(2)11-8(3)10-5-12(6-10)9(4)13/h7,10-11H,3,5-6H2,1-2,4H3. The van der Waals surface area contributed by atoms with Crippen molar-refractivity contribution in [1.29, 1.82) is 0 Å². The molecule has 1 heterocycles. The van der Waals surface area contributed by atoms with Crippen molar-refractivity contribution in [2.75, 3.05) is 13.1 Å². The fourth-order valence-corrected chi connectivity index (χ4v) is 1.44. The molecule has 0 saturated carbocycles. The first-order valence-electron chi connectivity index (χ1n) is 4.71. The van der Waals surface area contributed by atoms with E-state index in [1.807, 2.05) is 4.90 Å². The Morgan fingerprint density at radius 2 is 2.08 bits per heavy atom. The molecular weight excluding hydrogens is 164 g/mol. The van der Waals surface area contributed by atoms with E-state index in [2.05, 4.69) is 25.7 Å². The van der Waals surface area contributed by atoms with Crippen molar-refractivity contribution < 1.29 is 4.79 Å². The van der Waals surface area contributed by atoms with E-state index in [9.17, 15) is 4.79 Å². The lowest BCUT2D eigenvalue weighted by molar-refractivity contribution is -0.134. The molecule has 1 aliphatic heterocycles. The van der Waals surface area contributed by atoms with Crippen LogP contribution in [0, 0.1) is 5.92 Å². The largest absolute Gasteiger partial charge is 0.386 e. The van der Waals surface area contributed by atoms with Gasteiger partial charge in [0.2, 0.25) is 5.91 Å². The summed E-state index contributed by atoms with van der Waals surface area (Å²) in [5.41, 5.74) is 1.06. The molecule has 1 N–H and O–H groups in total. The van der Waals surface area contributed by atoms with Crippen LogP contribution in [-0.2, 0) is 4.79 Å². The first-order valence-corrected chi connectivity index (χ1v) is 4.71. The summed E-state index contributed by atoms with van der Waals surface area (Å²) in [6.07, 6.45) is 0. The van der Waals surface area contributed by atoms with Gasteiger partial charge in [-0.15, -0.1) is 0 Å². The number of amides is 1. The molecule has 1 saturated heterocycles. The van der Waals surface area contributed by atoms with Gasteiger partial charge in [-0.1, -0.05) is 6.58 Å². The van der Waals surface area contributed by atoms with E-state index in [-0.39, 0.29) is 5.91 Å². The minimum absolute atomic E-state index is 0.161. The summed E-state index contributed by atoms with van der Waals surface area (Å²) in [4.78, 5) is 12.7. The lowest BCUT2D eigenvalue weighted by atomic mass is 9.96. The number of carbonyl (C=O) groups excluding carboxylic acids is 1. The second-order valence-electron chi connectivity index (χ2n) is 3.95. The maximum Gasteiger partial charge on any atom is 0.219 e. The number of nitrogens with zero attached hydrogens (tertiary/aromatic N) is 1.